The van der Waals surface area contributed by atoms with Crippen molar-refractivity contribution in [3.63, 3.8) is 0 Å². The summed E-state index contributed by atoms with van der Waals surface area (Å²) in [5, 5.41) is 11.4. The Kier molecular flexibility index (Phi) is 6.65. The van der Waals surface area contributed by atoms with Crippen molar-refractivity contribution < 1.29 is 18.1 Å². The van der Waals surface area contributed by atoms with E-state index in [2.05, 4.69) is 4.99 Å². The molecule has 0 aromatic heterocycles. The van der Waals surface area contributed by atoms with Gasteiger partial charge in [-0.2, -0.15) is 4.99 Å². The number of carbonyl (C=O) groups is 1. The highest BCUT2D eigenvalue weighted by molar-refractivity contribution is 7.90. The van der Waals surface area contributed by atoms with Gasteiger partial charge < -0.3 is 11.5 Å². The number of nitrogens with two attached hydrogens (primary N) is 2. The topological polar surface area (TPSA) is 159 Å². The number of aryl methyl sites for hydroxylation is 1. The number of halogens is 1. The van der Waals surface area contributed by atoms with Gasteiger partial charge in [-0.05, 0) is 18.6 Å². The summed E-state index contributed by atoms with van der Waals surface area (Å²) in [5.74, 6) is -1.69. The first-order valence-electron chi connectivity index (χ1n) is 7.24. The molecular formula is C16H17ClN4O5S. The van der Waals surface area contributed by atoms with Crippen molar-refractivity contribution in [2.45, 2.75) is 11.8 Å². The molecule has 11 heteroatoms. The second kappa shape index (κ2) is 8.14. The summed E-state index contributed by atoms with van der Waals surface area (Å²) in [4.78, 5) is 25.7. The van der Waals surface area contributed by atoms with Crippen LogP contribution in [0.2, 0.25) is 0 Å². The quantitative estimate of drug-likeness (QED) is 0.335. The lowest BCUT2D eigenvalue weighted by molar-refractivity contribution is -0.385. The zero-order valence-corrected chi connectivity index (χ0v) is 16.0. The molecule has 0 aliphatic heterocycles. The van der Waals surface area contributed by atoms with E-state index in [9.17, 15) is 23.3 Å². The van der Waals surface area contributed by atoms with Crippen molar-refractivity contribution in [1.82, 2.24) is 0 Å². The molecule has 2 rings (SSSR count). The van der Waals surface area contributed by atoms with Gasteiger partial charge in [0.25, 0.3) is 11.6 Å². The number of aliphatic imine (C=N–C) groups is 1. The number of rotatable bonds is 4. The highest BCUT2D eigenvalue weighted by Gasteiger charge is 2.27. The van der Waals surface area contributed by atoms with E-state index in [-0.39, 0.29) is 22.9 Å². The molecule has 0 saturated carbocycles. The Morgan fingerprint density at radius 2 is 1.70 bits per heavy atom. The summed E-state index contributed by atoms with van der Waals surface area (Å²) in [6, 6.07) is 8.73. The predicted octanol–water partition coefficient (Wildman–Crippen LogP) is 1.81. The van der Waals surface area contributed by atoms with Crippen molar-refractivity contribution >= 4 is 39.8 Å². The number of nitro benzene ring substituents is 1. The van der Waals surface area contributed by atoms with E-state index in [1.807, 2.05) is 6.92 Å². The first-order chi connectivity index (χ1) is 12.0. The second-order valence-electron chi connectivity index (χ2n) is 5.60. The van der Waals surface area contributed by atoms with Gasteiger partial charge in [0.05, 0.1) is 9.82 Å². The fraction of sp³-hybridized carbons (Fsp3) is 0.125. The van der Waals surface area contributed by atoms with Crippen LogP contribution < -0.4 is 11.5 Å². The third-order valence-electron chi connectivity index (χ3n) is 3.52. The predicted molar refractivity (Wildman–Crippen MR) is 104 cm³/mol. The average molecular weight is 413 g/mol. The van der Waals surface area contributed by atoms with E-state index >= 15 is 0 Å². The molecule has 0 saturated heterocycles. The van der Waals surface area contributed by atoms with E-state index in [0.29, 0.717) is 5.56 Å². The van der Waals surface area contributed by atoms with Gasteiger partial charge in [-0.3, -0.25) is 14.9 Å². The zero-order chi connectivity index (χ0) is 19.6. The van der Waals surface area contributed by atoms with E-state index in [1.54, 1.807) is 24.3 Å². The van der Waals surface area contributed by atoms with Crippen LogP contribution in [0, 0.1) is 17.0 Å². The number of hydrogen-bond donors (Lipinski definition) is 2. The van der Waals surface area contributed by atoms with Crippen LogP contribution in [0.1, 0.15) is 15.9 Å². The largest absolute Gasteiger partial charge is 0.370 e. The number of carbonyl (C=O) groups excluding carboxylic acids is 1. The first-order valence-corrected chi connectivity index (χ1v) is 9.13. The SMILES string of the molecule is Cc1ccc(-c2cc([N+](=O)[O-])c(C(=O)N=C(N)N)cc2S(C)(=O)=O)cc1.Cl. The summed E-state index contributed by atoms with van der Waals surface area (Å²) < 4.78 is 24.4. The fourth-order valence-electron chi connectivity index (χ4n) is 2.33. The van der Waals surface area contributed by atoms with Crippen molar-refractivity contribution in [2.75, 3.05) is 6.26 Å². The van der Waals surface area contributed by atoms with Crippen molar-refractivity contribution in [3.05, 3.63) is 57.6 Å². The highest BCUT2D eigenvalue weighted by atomic mass is 35.5. The Hall–Kier alpha value is -2.98. The van der Waals surface area contributed by atoms with Gasteiger partial charge in [-0.15, -0.1) is 12.4 Å². The number of nitrogens with zero attached hydrogens (tertiary/aromatic N) is 2. The van der Waals surface area contributed by atoms with Gasteiger partial charge in [0.1, 0.15) is 5.56 Å². The van der Waals surface area contributed by atoms with Gasteiger partial charge in [0.2, 0.25) is 0 Å². The molecule has 0 unspecified atom stereocenters. The Balaban J connectivity index is 0.00000364. The molecule has 0 aliphatic rings. The summed E-state index contributed by atoms with van der Waals surface area (Å²) in [6.45, 7) is 1.85. The Bertz CT molecular complexity index is 1030. The molecule has 27 heavy (non-hydrogen) atoms. The molecule has 0 atom stereocenters. The van der Waals surface area contributed by atoms with Crippen molar-refractivity contribution in [1.29, 1.82) is 0 Å². The minimum absolute atomic E-state index is 0. The number of sulfone groups is 1. The number of amides is 1. The Morgan fingerprint density at radius 1 is 1.15 bits per heavy atom. The van der Waals surface area contributed by atoms with E-state index in [0.717, 1.165) is 24.0 Å². The molecule has 0 fully saturated rings. The van der Waals surface area contributed by atoms with Crippen LogP contribution in [-0.2, 0) is 9.84 Å². The lowest BCUT2D eigenvalue weighted by Crippen LogP contribution is -2.24. The highest BCUT2D eigenvalue weighted by Crippen LogP contribution is 2.34. The number of guanidine groups is 1. The molecule has 1 amide bonds. The van der Waals surface area contributed by atoms with E-state index in [4.69, 9.17) is 11.5 Å². The zero-order valence-electron chi connectivity index (χ0n) is 14.4. The molecule has 4 N–H and O–H groups in total. The summed E-state index contributed by atoms with van der Waals surface area (Å²) in [6.07, 6.45) is 0.945. The maximum atomic E-state index is 12.2. The number of nitro groups is 1. The fourth-order valence-corrected chi connectivity index (χ4v) is 3.24. The monoisotopic (exact) mass is 412 g/mol. The third kappa shape index (κ3) is 5.02. The summed E-state index contributed by atoms with van der Waals surface area (Å²) in [5.41, 5.74) is 10.7. The Labute approximate surface area is 161 Å². The van der Waals surface area contributed by atoms with Crippen LogP contribution in [0.25, 0.3) is 11.1 Å². The standard InChI is InChI=1S/C16H16N4O5S.ClH/c1-9-3-5-10(6-4-9)11-7-13(20(22)23)12(15(21)19-16(17)18)8-14(11)26(2,24)25;/h3-8H,1-2H3,(H4,17,18,19,21);1H. The third-order valence-corrected chi connectivity index (χ3v) is 4.65. The van der Waals surface area contributed by atoms with Crippen LogP contribution in [0.4, 0.5) is 5.69 Å². The molecule has 2 aromatic carbocycles. The van der Waals surface area contributed by atoms with Crippen molar-refractivity contribution in [2.24, 2.45) is 16.5 Å². The number of benzene rings is 2. The maximum absolute atomic E-state index is 12.2. The Morgan fingerprint density at radius 3 is 2.15 bits per heavy atom. The van der Waals surface area contributed by atoms with Gasteiger partial charge >= 0.3 is 0 Å². The number of hydrogen-bond acceptors (Lipinski definition) is 5. The van der Waals surface area contributed by atoms with Crippen LogP contribution in [0.15, 0.2) is 46.3 Å². The molecule has 2 aromatic rings. The van der Waals surface area contributed by atoms with Crippen LogP contribution in [-0.4, -0.2) is 31.5 Å². The average Bonchev–Trinajstić information content (AvgIpc) is 2.52. The lowest BCUT2D eigenvalue weighted by atomic mass is 10.0. The van der Waals surface area contributed by atoms with Gasteiger partial charge in [-0.25, -0.2) is 8.42 Å². The van der Waals surface area contributed by atoms with Crippen LogP contribution >= 0.6 is 12.4 Å². The molecule has 0 heterocycles. The van der Waals surface area contributed by atoms with E-state index in [1.165, 1.54) is 0 Å². The molecular weight excluding hydrogens is 396 g/mol. The molecule has 0 radical (unpaired) electrons. The normalized spacial score (nSPS) is 10.6. The molecule has 0 bridgehead atoms. The molecule has 9 nitrogen and oxygen atoms in total. The second-order valence-corrected chi connectivity index (χ2v) is 7.59. The van der Waals surface area contributed by atoms with Gasteiger partial charge in [-0.1, -0.05) is 29.8 Å². The summed E-state index contributed by atoms with van der Waals surface area (Å²) in [7, 11) is -3.80. The summed E-state index contributed by atoms with van der Waals surface area (Å²) >= 11 is 0. The smallest absolute Gasteiger partial charge is 0.287 e. The molecule has 0 spiro atoms. The minimum Gasteiger partial charge on any atom is -0.370 e. The first kappa shape index (κ1) is 22.1. The van der Waals surface area contributed by atoms with Crippen molar-refractivity contribution in [3.8, 4) is 11.1 Å². The van der Waals surface area contributed by atoms with Crippen LogP contribution in [0.5, 0.6) is 0 Å². The minimum atomic E-state index is -3.80. The van der Waals surface area contributed by atoms with Gasteiger partial charge in [0, 0.05) is 17.9 Å². The maximum Gasteiger partial charge on any atom is 0.287 e. The molecule has 144 valence electrons. The van der Waals surface area contributed by atoms with E-state index < -0.39 is 37.9 Å². The lowest BCUT2D eigenvalue weighted by Gasteiger charge is -2.11. The van der Waals surface area contributed by atoms with Gasteiger partial charge in [0.15, 0.2) is 15.8 Å². The van der Waals surface area contributed by atoms with Crippen LogP contribution in [0.3, 0.4) is 0 Å². The molecule has 0 aliphatic carbocycles.